The van der Waals surface area contributed by atoms with Crippen molar-refractivity contribution in [3.63, 3.8) is 0 Å². The van der Waals surface area contributed by atoms with E-state index in [0.717, 1.165) is 0 Å². The number of carboxylic acid groups (broad SMARTS) is 1. The maximum Gasteiger partial charge on any atom is 0.339 e. The second-order valence-electron chi connectivity index (χ2n) is 4.31. The van der Waals surface area contributed by atoms with E-state index in [1.54, 1.807) is 11.7 Å². The summed E-state index contributed by atoms with van der Waals surface area (Å²) < 4.78 is 2.93. The van der Waals surface area contributed by atoms with Crippen molar-refractivity contribution in [2.45, 2.75) is 20.0 Å². The average Bonchev–Trinajstić information content (AvgIpc) is 2.99. The summed E-state index contributed by atoms with van der Waals surface area (Å²) in [5.41, 5.74) is 0.370. The molecule has 2 aromatic heterocycles. The number of amides is 1. The Morgan fingerprint density at radius 2 is 2.19 bits per heavy atom. The van der Waals surface area contributed by atoms with Crippen LogP contribution in [-0.4, -0.2) is 36.5 Å². The van der Waals surface area contributed by atoms with E-state index in [9.17, 15) is 9.59 Å². The topological polar surface area (TPSA) is 102 Å². The molecule has 0 bridgehead atoms. The molecule has 21 heavy (non-hydrogen) atoms. The molecule has 2 heterocycles. The van der Waals surface area contributed by atoms with Crippen LogP contribution in [0.2, 0.25) is 5.02 Å². The monoisotopic (exact) mass is 311 g/mol. The highest BCUT2D eigenvalue weighted by Gasteiger charge is 2.21. The van der Waals surface area contributed by atoms with Crippen molar-refractivity contribution < 1.29 is 14.7 Å². The van der Waals surface area contributed by atoms with Crippen LogP contribution in [0.5, 0.6) is 0 Å². The second kappa shape index (κ2) is 5.96. The van der Waals surface area contributed by atoms with Crippen molar-refractivity contribution >= 4 is 23.5 Å². The molecular formula is C12H14ClN5O3. The lowest BCUT2D eigenvalue weighted by atomic mass is 10.2. The first-order valence-electron chi connectivity index (χ1n) is 6.19. The summed E-state index contributed by atoms with van der Waals surface area (Å²) in [4.78, 5) is 23.1. The number of aryl methyl sites for hydroxylation is 2. The molecule has 0 aliphatic heterocycles. The van der Waals surface area contributed by atoms with Gasteiger partial charge in [0, 0.05) is 19.8 Å². The van der Waals surface area contributed by atoms with E-state index >= 15 is 0 Å². The SMILES string of the molecule is CCn1ncc(Cl)c1CNC(=O)c1nn(C)cc1C(=O)O. The van der Waals surface area contributed by atoms with Gasteiger partial charge in [-0.05, 0) is 6.92 Å². The predicted molar refractivity (Wildman–Crippen MR) is 74.2 cm³/mol. The largest absolute Gasteiger partial charge is 0.478 e. The molecule has 0 unspecified atom stereocenters. The molecule has 0 saturated carbocycles. The highest BCUT2D eigenvalue weighted by molar-refractivity contribution is 6.31. The third kappa shape index (κ3) is 3.05. The molecule has 0 saturated heterocycles. The van der Waals surface area contributed by atoms with Crippen LogP contribution in [0.15, 0.2) is 12.4 Å². The fourth-order valence-corrected chi connectivity index (χ4v) is 2.10. The minimum atomic E-state index is -1.20. The summed E-state index contributed by atoms with van der Waals surface area (Å²) >= 11 is 5.99. The fraction of sp³-hybridized carbons (Fsp3) is 0.333. The van der Waals surface area contributed by atoms with E-state index < -0.39 is 11.9 Å². The zero-order chi connectivity index (χ0) is 15.6. The molecule has 0 atom stereocenters. The number of rotatable bonds is 5. The lowest BCUT2D eigenvalue weighted by molar-refractivity contribution is 0.0691. The van der Waals surface area contributed by atoms with Crippen LogP contribution in [0, 0.1) is 0 Å². The Morgan fingerprint density at radius 3 is 2.81 bits per heavy atom. The van der Waals surface area contributed by atoms with Crippen LogP contribution >= 0.6 is 11.6 Å². The molecular weight excluding hydrogens is 298 g/mol. The first-order valence-corrected chi connectivity index (χ1v) is 6.57. The van der Waals surface area contributed by atoms with Gasteiger partial charge in [0.15, 0.2) is 5.69 Å². The number of hydrogen-bond acceptors (Lipinski definition) is 4. The molecule has 9 heteroatoms. The Balaban J connectivity index is 2.15. The van der Waals surface area contributed by atoms with Gasteiger partial charge in [-0.25, -0.2) is 4.79 Å². The van der Waals surface area contributed by atoms with Gasteiger partial charge in [-0.3, -0.25) is 14.2 Å². The van der Waals surface area contributed by atoms with E-state index in [0.29, 0.717) is 17.3 Å². The van der Waals surface area contributed by atoms with Crippen LogP contribution in [0.3, 0.4) is 0 Å². The van der Waals surface area contributed by atoms with Crippen molar-refractivity contribution in [3.05, 3.63) is 34.4 Å². The number of carboxylic acids is 1. The normalized spacial score (nSPS) is 10.6. The number of nitrogens with one attached hydrogen (secondary N) is 1. The highest BCUT2D eigenvalue weighted by Crippen LogP contribution is 2.15. The van der Waals surface area contributed by atoms with E-state index in [1.807, 2.05) is 6.92 Å². The molecule has 0 aliphatic carbocycles. The Hall–Kier alpha value is -2.35. The van der Waals surface area contributed by atoms with Crippen LogP contribution in [0.4, 0.5) is 0 Å². The molecule has 0 fully saturated rings. The van der Waals surface area contributed by atoms with Crippen molar-refractivity contribution in [2.24, 2.45) is 7.05 Å². The summed E-state index contributed by atoms with van der Waals surface area (Å²) in [5, 5.41) is 20.0. The number of carbonyl (C=O) groups is 2. The molecule has 0 aromatic carbocycles. The smallest absolute Gasteiger partial charge is 0.339 e. The first-order chi connectivity index (χ1) is 9.93. The Bertz CT molecular complexity index is 691. The Kier molecular flexibility index (Phi) is 4.27. The van der Waals surface area contributed by atoms with Gasteiger partial charge in [-0.2, -0.15) is 10.2 Å². The quantitative estimate of drug-likeness (QED) is 0.854. The standard InChI is InChI=1S/C12H14ClN5O3/c1-3-18-9(8(13)4-15-18)5-14-11(19)10-7(12(20)21)6-17(2)16-10/h4,6H,3,5H2,1-2H3,(H,14,19)(H,20,21). The Morgan fingerprint density at radius 1 is 1.48 bits per heavy atom. The summed E-state index contributed by atoms with van der Waals surface area (Å²) in [6.07, 6.45) is 2.77. The number of nitrogens with zero attached hydrogens (tertiary/aromatic N) is 4. The van der Waals surface area contributed by atoms with Gasteiger partial charge in [0.25, 0.3) is 5.91 Å². The fourth-order valence-electron chi connectivity index (χ4n) is 1.90. The van der Waals surface area contributed by atoms with Crippen molar-refractivity contribution in [1.82, 2.24) is 24.9 Å². The summed E-state index contributed by atoms with van der Waals surface area (Å²) in [6.45, 7) is 2.65. The molecule has 1 amide bonds. The lowest BCUT2D eigenvalue weighted by Gasteiger charge is -2.07. The molecule has 112 valence electrons. The zero-order valence-electron chi connectivity index (χ0n) is 11.5. The van der Waals surface area contributed by atoms with Crippen LogP contribution in [0.25, 0.3) is 0 Å². The van der Waals surface area contributed by atoms with E-state index in [-0.39, 0.29) is 17.8 Å². The maximum absolute atomic E-state index is 12.1. The molecule has 8 nitrogen and oxygen atoms in total. The van der Waals surface area contributed by atoms with Gasteiger partial charge in [0.05, 0.1) is 23.5 Å². The third-order valence-electron chi connectivity index (χ3n) is 2.89. The van der Waals surface area contributed by atoms with Gasteiger partial charge in [0.1, 0.15) is 5.56 Å². The van der Waals surface area contributed by atoms with Crippen molar-refractivity contribution in [2.75, 3.05) is 0 Å². The molecule has 2 rings (SSSR count). The van der Waals surface area contributed by atoms with Gasteiger partial charge in [-0.1, -0.05) is 11.6 Å². The summed E-state index contributed by atoms with van der Waals surface area (Å²) in [5.74, 6) is -1.78. The first kappa shape index (κ1) is 15.0. The van der Waals surface area contributed by atoms with Crippen LogP contribution in [0.1, 0.15) is 33.5 Å². The van der Waals surface area contributed by atoms with Crippen molar-refractivity contribution in [3.8, 4) is 0 Å². The van der Waals surface area contributed by atoms with E-state index in [1.165, 1.54) is 17.1 Å². The lowest BCUT2D eigenvalue weighted by Crippen LogP contribution is -2.26. The molecule has 2 aromatic rings. The maximum atomic E-state index is 12.1. The number of aromatic carboxylic acids is 1. The summed E-state index contributed by atoms with van der Waals surface area (Å²) in [6, 6.07) is 0. The highest BCUT2D eigenvalue weighted by atomic mass is 35.5. The molecule has 0 radical (unpaired) electrons. The minimum absolute atomic E-state index is 0.135. The van der Waals surface area contributed by atoms with Crippen LogP contribution < -0.4 is 5.32 Å². The summed E-state index contributed by atoms with van der Waals surface area (Å²) in [7, 11) is 1.55. The molecule has 2 N–H and O–H groups in total. The second-order valence-corrected chi connectivity index (χ2v) is 4.72. The van der Waals surface area contributed by atoms with E-state index in [2.05, 4.69) is 15.5 Å². The third-order valence-corrected chi connectivity index (χ3v) is 3.20. The van der Waals surface area contributed by atoms with Gasteiger partial charge in [-0.15, -0.1) is 0 Å². The van der Waals surface area contributed by atoms with Gasteiger partial charge < -0.3 is 10.4 Å². The minimum Gasteiger partial charge on any atom is -0.478 e. The Labute approximate surface area is 125 Å². The number of hydrogen-bond donors (Lipinski definition) is 2. The number of carbonyl (C=O) groups excluding carboxylic acids is 1. The average molecular weight is 312 g/mol. The van der Waals surface area contributed by atoms with Gasteiger partial charge in [0.2, 0.25) is 0 Å². The zero-order valence-corrected chi connectivity index (χ0v) is 12.3. The number of aromatic nitrogens is 4. The molecule has 0 aliphatic rings. The number of halogens is 1. The molecule has 0 spiro atoms. The van der Waals surface area contributed by atoms with Crippen molar-refractivity contribution in [1.29, 1.82) is 0 Å². The predicted octanol–water partition coefficient (Wildman–Crippen LogP) is 0.918. The van der Waals surface area contributed by atoms with Gasteiger partial charge >= 0.3 is 5.97 Å². The van der Waals surface area contributed by atoms with E-state index in [4.69, 9.17) is 16.7 Å². The van der Waals surface area contributed by atoms with Crippen LogP contribution in [-0.2, 0) is 20.1 Å².